The van der Waals surface area contributed by atoms with E-state index in [1.807, 2.05) is 44.2 Å². The number of anilines is 1. The fraction of sp³-hybridized carbons (Fsp3) is 0.133. The first-order valence-electron chi connectivity index (χ1n) is 6.70. The second-order valence-corrected chi connectivity index (χ2v) is 6.04. The maximum absolute atomic E-state index is 11.3. The van der Waals surface area contributed by atoms with Crippen molar-refractivity contribution in [2.45, 2.75) is 13.8 Å². The van der Waals surface area contributed by atoms with Gasteiger partial charge in [0.2, 0.25) is 0 Å². The summed E-state index contributed by atoms with van der Waals surface area (Å²) >= 11 is 1.56. The summed E-state index contributed by atoms with van der Waals surface area (Å²) in [6.07, 6.45) is 1.79. The van der Waals surface area contributed by atoms with E-state index < -0.39 is 6.03 Å². The van der Waals surface area contributed by atoms with Gasteiger partial charge in [-0.3, -0.25) is 5.32 Å². The summed E-state index contributed by atoms with van der Waals surface area (Å²) in [7, 11) is 0. The van der Waals surface area contributed by atoms with Crippen molar-refractivity contribution in [2.24, 2.45) is 5.73 Å². The van der Waals surface area contributed by atoms with Gasteiger partial charge >= 0.3 is 6.03 Å². The van der Waals surface area contributed by atoms with Crippen molar-refractivity contribution in [3.8, 4) is 16.3 Å². The van der Waals surface area contributed by atoms with Crippen molar-refractivity contribution < 1.29 is 4.79 Å². The highest BCUT2D eigenvalue weighted by atomic mass is 32.1. The van der Waals surface area contributed by atoms with Crippen LogP contribution in [0.1, 0.15) is 10.6 Å². The number of benzene rings is 1. The number of nitrogens with zero attached hydrogens (tertiary/aromatic N) is 3. The van der Waals surface area contributed by atoms with Crippen LogP contribution in [0.2, 0.25) is 0 Å². The van der Waals surface area contributed by atoms with Crippen LogP contribution in [0.3, 0.4) is 0 Å². The number of primary amides is 1. The van der Waals surface area contributed by atoms with Crippen LogP contribution >= 0.6 is 11.3 Å². The molecule has 0 aliphatic carbocycles. The van der Waals surface area contributed by atoms with E-state index in [1.54, 1.807) is 22.2 Å². The minimum absolute atomic E-state index is 0.569. The van der Waals surface area contributed by atoms with Gasteiger partial charge < -0.3 is 5.73 Å². The first-order chi connectivity index (χ1) is 10.6. The number of aromatic nitrogens is 3. The van der Waals surface area contributed by atoms with Crippen LogP contribution in [-0.4, -0.2) is 20.8 Å². The number of amides is 2. The molecular weight excluding hydrogens is 298 g/mol. The van der Waals surface area contributed by atoms with Gasteiger partial charge in [0.05, 0.1) is 15.6 Å². The minimum atomic E-state index is -0.618. The Hall–Kier alpha value is -2.67. The highest BCUT2D eigenvalue weighted by Gasteiger charge is 2.19. The molecular formula is C15H15N5OS. The summed E-state index contributed by atoms with van der Waals surface area (Å²) in [6, 6.07) is 8.97. The first-order valence-corrected chi connectivity index (χ1v) is 7.52. The summed E-state index contributed by atoms with van der Waals surface area (Å²) in [5.74, 6) is 0.569. The lowest BCUT2D eigenvalue weighted by molar-refractivity contribution is 0.259. The Bertz CT molecular complexity index is 822. The quantitative estimate of drug-likeness (QED) is 0.779. The molecule has 0 fully saturated rings. The summed E-state index contributed by atoms with van der Waals surface area (Å²) < 4.78 is 1.68. The third-order valence-electron chi connectivity index (χ3n) is 3.22. The summed E-state index contributed by atoms with van der Waals surface area (Å²) in [4.78, 5) is 16.5. The second kappa shape index (κ2) is 5.61. The van der Waals surface area contributed by atoms with Crippen molar-refractivity contribution in [3.63, 3.8) is 0 Å². The normalized spacial score (nSPS) is 10.6. The van der Waals surface area contributed by atoms with Gasteiger partial charge in [0.25, 0.3) is 0 Å². The Morgan fingerprint density at radius 1 is 1.27 bits per heavy atom. The summed E-state index contributed by atoms with van der Waals surface area (Å²) in [6.45, 7) is 3.85. The molecule has 112 valence electrons. The molecule has 0 saturated heterocycles. The zero-order valence-electron chi connectivity index (χ0n) is 12.2. The van der Waals surface area contributed by atoms with E-state index >= 15 is 0 Å². The SMILES string of the molecule is Cc1ncc(-c2nn(-c3ccccc3)c(NC(N)=O)c2C)s1. The number of aryl methyl sites for hydroxylation is 1. The van der Waals surface area contributed by atoms with Crippen molar-refractivity contribution in [3.05, 3.63) is 47.1 Å². The lowest BCUT2D eigenvalue weighted by Crippen LogP contribution is -2.21. The molecule has 0 saturated carbocycles. The second-order valence-electron chi connectivity index (χ2n) is 4.80. The minimum Gasteiger partial charge on any atom is -0.351 e. The van der Waals surface area contributed by atoms with Crippen LogP contribution in [0, 0.1) is 13.8 Å². The van der Waals surface area contributed by atoms with Crippen molar-refractivity contribution in [1.29, 1.82) is 0 Å². The van der Waals surface area contributed by atoms with Crippen LogP contribution in [0.5, 0.6) is 0 Å². The lowest BCUT2D eigenvalue weighted by Gasteiger charge is -2.07. The molecule has 2 heterocycles. The van der Waals surface area contributed by atoms with Crippen LogP contribution in [-0.2, 0) is 0 Å². The molecule has 0 aliphatic rings. The number of rotatable bonds is 3. The van der Waals surface area contributed by atoms with Gasteiger partial charge in [0, 0.05) is 11.8 Å². The third-order valence-corrected chi connectivity index (χ3v) is 4.14. The van der Waals surface area contributed by atoms with Crippen molar-refractivity contribution >= 4 is 23.2 Å². The van der Waals surface area contributed by atoms with Crippen molar-refractivity contribution in [2.75, 3.05) is 5.32 Å². The number of thiazole rings is 1. The number of urea groups is 1. The standard InChI is InChI=1S/C15H15N5OS/c1-9-13(12-8-17-10(2)22-12)19-20(14(9)18-15(16)21)11-6-4-3-5-7-11/h3-8H,1-2H3,(H3,16,18,21). The fourth-order valence-electron chi connectivity index (χ4n) is 2.22. The number of hydrogen-bond donors (Lipinski definition) is 2. The highest BCUT2D eigenvalue weighted by Crippen LogP contribution is 2.33. The number of para-hydroxylation sites is 1. The molecule has 0 radical (unpaired) electrons. The molecule has 2 amide bonds. The van der Waals surface area contributed by atoms with Gasteiger partial charge in [-0.1, -0.05) is 18.2 Å². The van der Waals surface area contributed by atoms with Gasteiger partial charge in [-0.15, -0.1) is 11.3 Å². The average Bonchev–Trinajstić information content (AvgIpc) is 3.05. The molecule has 0 aliphatic heterocycles. The zero-order chi connectivity index (χ0) is 15.7. The zero-order valence-corrected chi connectivity index (χ0v) is 13.0. The lowest BCUT2D eigenvalue weighted by atomic mass is 10.2. The van der Waals surface area contributed by atoms with E-state index in [0.717, 1.165) is 26.8 Å². The van der Waals surface area contributed by atoms with Gasteiger partial charge in [0.15, 0.2) is 0 Å². The Balaban J connectivity index is 2.18. The Kier molecular flexibility index (Phi) is 3.64. The predicted octanol–water partition coefficient (Wildman–Crippen LogP) is 3.10. The third kappa shape index (κ3) is 2.58. The van der Waals surface area contributed by atoms with E-state index in [0.29, 0.717) is 5.82 Å². The van der Waals surface area contributed by atoms with E-state index in [-0.39, 0.29) is 0 Å². The topological polar surface area (TPSA) is 85.8 Å². The Morgan fingerprint density at radius 2 is 2.00 bits per heavy atom. The van der Waals surface area contributed by atoms with Crippen LogP contribution in [0.15, 0.2) is 36.5 Å². The molecule has 3 aromatic rings. The number of carbonyl (C=O) groups is 1. The number of nitrogens with two attached hydrogens (primary N) is 1. The molecule has 3 rings (SSSR count). The summed E-state index contributed by atoms with van der Waals surface area (Å²) in [5.41, 5.74) is 7.78. The molecule has 0 bridgehead atoms. The van der Waals surface area contributed by atoms with E-state index in [4.69, 9.17) is 5.73 Å². The van der Waals surface area contributed by atoms with E-state index in [9.17, 15) is 4.79 Å². The van der Waals surface area contributed by atoms with Gasteiger partial charge in [-0.05, 0) is 26.0 Å². The number of hydrogen-bond acceptors (Lipinski definition) is 4. The van der Waals surface area contributed by atoms with Gasteiger partial charge in [-0.2, -0.15) is 5.10 Å². The Morgan fingerprint density at radius 3 is 2.59 bits per heavy atom. The fourth-order valence-corrected chi connectivity index (χ4v) is 3.04. The molecule has 3 N–H and O–H groups in total. The van der Waals surface area contributed by atoms with E-state index in [1.165, 1.54) is 0 Å². The molecule has 0 unspecified atom stereocenters. The molecule has 1 aromatic carbocycles. The molecule has 2 aromatic heterocycles. The first kappa shape index (κ1) is 14.3. The highest BCUT2D eigenvalue weighted by molar-refractivity contribution is 7.15. The molecule has 6 nitrogen and oxygen atoms in total. The predicted molar refractivity (Wildman–Crippen MR) is 87.4 cm³/mol. The maximum Gasteiger partial charge on any atom is 0.317 e. The smallest absolute Gasteiger partial charge is 0.317 e. The van der Waals surface area contributed by atoms with E-state index in [2.05, 4.69) is 15.4 Å². The average molecular weight is 313 g/mol. The molecule has 22 heavy (non-hydrogen) atoms. The molecule has 0 spiro atoms. The molecule has 7 heteroatoms. The van der Waals surface area contributed by atoms with Crippen LogP contribution < -0.4 is 11.1 Å². The number of carbonyl (C=O) groups excluding carboxylic acids is 1. The van der Waals surface area contributed by atoms with Gasteiger partial charge in [-0.25, -0.2) is 14.5 Å². The largest absolute Gasteiger partial charge is 0.351 e. The number of nitrogens with one attached hydrogen (secondary N) is 1. The van der Waals surface area contributed by atoms with Crippen molar-refractivity contribution in [1.82, 2.24) is 14.8 Å². The van der Waals surface area contributed by atoms with Crippen LogP contribution in [0.4, 0.5) is 10.6 Å². The summed E-state index contributed by atoms with van der Waals surface area (Å²) in [5, 5.41) is 8.26. The van der Waals surface area contributed by atoms with Gasteiger partial charge in [0.1, 0.15) is 11.5 Å². The maximum atomic E-state index is 11.3. The monoisotopic (exact) mass is 313 g/mol. The van der Waals surface area contributed by atoms with Crippen LogP contribution in [0.25, 0.3) is 16.3 Å². The Labute approximate surface area is 131 Å². The molecule has 0 atom stereocenters.